The molecule has 1 aromatic carbocycles. The lowest BCUT2D eigenvalue weighted by Crippen LogP contribution is -2.45. The Bertz CT molecular complexity index is 505. The van der Waals surface area contributed by atoms with Crippen molar-refractivity contribution in [2.45, 2.75) is 31.7 Å². The average Bonchev–Trinajstić information content (AvgIpc) is 2.34. The van der Waals surface area contributed by atoms with E-state index in [0.717, 1.165) is 14.9 Å². The van der Waals surface area contributed by atoms with Crippen LogP contribution in [0.3, 0.4) is 0 Å². The zero-order valence-electron chi connectivity index (χ0n) is 11.6. The van der Waals surface area contributed by atoms with Crippen molar-refractivity contribution in [2.75, 3.05) is 5.75 Å². The predicted molar refractivity (Wildman–Crippen MR) is 84.0 cm³/mol. The van der Waals surface area contributed by atoms with Crippen LogP contribution in [0.25, 0.3) is 0 Å². The summed E-state index contributed by atoms with van der Waals surface area (Å²) in [6, 6.07) is 5.00. The van der Waals surface area contributed by atoms with Crippen molar-refractivity contribution in [1.82, 2.24) is 5.32 Å². The van der Waals surface area contributed by atoms with E-state index in [9.17, 15) is 9.59 Å². The van der Waals surface area contributed by atoms with E-state index in [1.54, 1.807) is 13.8 Å². The Morgan fingerprint density at radius 1 is 1.40 bits per heavy atom. The summed E-state index contributed by atoms with van der Waals surface area (Å²) in [5.74, 6) is -1.20. The maximum absolute atomic E-state index is 11.8. The van der Waals surface area contributed by atoms with Crippen LogP contribution < -0.4 is 5.32 Å². The van der Waals surface area contributed by atoms with Gasteiger partial charge in [-0.05, 0) is 36.6 Å². The summed E-state index contributed by atoms with van der Waals surface area (Å²) in [6.45, 7) is 5.51. The SMILES string of the molecule is Cc1cc(Br)ccc1SCC(=O)NC(C(=O)O)C(C)C. The minimum Gasteiger partial charge on any atom is -0.480 e. The molecule has 0 aliphatic rings. The molecule has 1 atom stereocenters. The van der Waals surface area contributed by atoms with Gasteiger partial charge in [-0.2, -0.15) is 0 Å². The van der Waals surface area contributed by atoms with Crippen LogP contribution in [0.5, 0.6) is 0 Å². The normalized spacial score (nSPS) is 12.2. The number of benzene rings is 1. The first-order chi connectivity index (χ1) is 9.31. The van der Waals surface area contributed by atoms with Crippen molar-refractivity contribution >= 4 is 39.6 Å². The van der Waals surface area contributed by atoms with Gasteiger partial charge in [0.1, 0.15) is 6.04 Å². The van der Waals surface area contributed by atoms with Crippen LogP contribution in [-0.2, 0) is 9.59 Å². The molecule has 1 rings (SSSR count). The quantitative estimate of drug-likeness (QED) is 0.766. The molecule has 20 heavy (non-hydrogen) atoms. The van der Waals surface area contributed by atoms with Gasteiger partial charge in [-0.1, -0.05) is 29.8 Å². The predicted octanol–water partition coefficient (Wildman–Crippen LogP) is 3.08. The fraction of sp³-hybridized carbons (Fsp3) is 0.429. The number of carboxylic acids is 1. The maximum Gasteiger partial charge on any atom is 0.326 e. The van der Waals surface area contributed by atoms with E-state index in [1.165, 1.54) is 11.8 Å². The second-order valence-corrected chi connectivity index (χ2v) is 6.76. The molecule has 0 heterocycles. The molecule has 0 saturated carbocycles. The molecule has 1 aromatic rings. The van der Waals surface area contributed by atoms with E-state index in [2.05, 4.69) is 21.2 Å². The molecule has 6 heteroatoms. The largest absolute Gasteiger partial charge is 0.480 e. The molecule has 0 radical (unpaired) electrons. The fourth-order valence-corrected chi connectivity index (χ4v) is 2.94. The lowest BCUT2D eigenvalue weighted by molar-refractivity contribution is -0.142. The van der Waals surface area contributed by atoms with Crippen LogP contribution in [0.4, 0.5) is 0 Å². The van der Waals surface area contributed by atoms with Gasteiger partial charge >= 0.3 is 5.97 Å². The van der Waals surface area contributed by atoms with Gasteiger partial charge in [0.25, 0.3) is 0 Å². The molecule has 0 fully saturated rings. The first kappa shape index (κ1) is 17.0. The molecule has 4 nitrogen and oxygen atoms in total. The Kier molecular flexibility index (Phi) is 6.55. The summed E-state index contributed by atoms with van der Waals surface area (Å²) >= 11 is 4.79. The number of hydrogen-bond donors (Lipinski definition) is 2. The van der Waals surface area contributed by atoms with E-state index in [-0.39, 0.29) is 17.6 Å². The number of carboxylic acid groups (broad SMARTS) is 1. The van der Waals surface area contributed by atoms with Crippen molar-refractivity contribution in [3.8, 4) is 0 Å². The van der Waals surface area contributed by atoms with Crippen LogP contribution in [0.1, 0.15) is 19.4 Å². The minimum absolute atomic E-state index is 0.143. The summed E-state index contributed by atoms with van der Waals surface area (Å²) in [4.78, 5) is 23.8. The molecule has 0 spiro atoms. The van der Waals surface area contributed by atoms with Gasteiger partial charge in [-0.25, -0.2) is 4.79 Å². The first-order valence-electron chi connectivity index (χ1n) is 6.22. The van der Waals surface area contributed by atoms with E-state index >= 15 is 0 Å². The van der Waals surface area contributed by atoms with Crippen LogP contribution in [0.15, 0.2) is 27.6 Å². The summed E-state index contributed by atoms with van der Waals surface area (Å²) in [6.07, 6.45) is 0. The molecule has 0 saturated heterocycles. The summed E-state index contributed by atoms with van der Waals surface area (Å²) in [7, 11) is 0. The molecule has 0 bridgehead atoms. The number of rotatable bonds is 6. The third-order valence-corrected chi connectivity index (χ3v) is 4.41. The molecule has 2 N–H and O–H groups in total. The highest BCUT2D eigenvalue weighted by atomic mass is 79.9. The number of aliphatic carboxylic acids is 1. The number of halogens is 1. The van der Waals surface area contributed by atoms with Crippen LogP contribution in [0, 0.1) is 12.8 Å². The van der Waals surface area contributed by atoms with Crippen molar-refractivity contribution in [3.63, 3.8) is 0 Å². The highest BCUT2D eigenvalue weighted by Gasteiger charge is 2.23. The molecular formula is C14H18BrNO3S. The second-order valence-electron chi connectivity index (χ2n) is 4.83. The van der Waals surface area contributed by atoms with Crippen LogP contribution in [0.2, 0.25) is 0 Å². The van der Waals surface area contributed by atoms with Gasteiger partial charge < -0.3 is 10.4 Å². The zero-order valence-corrected chi connectivity index (χ0v) is 14.0. The topological polar surface area (TPSA) is 66.4 Å². The van der Waals surface area contributed by atoms with Gasteiger partial charge in [0.2, 0.25) is 5.91 Å². The van der Waals surface area contributed by atoms with Gasteiger partial charge in [0.15, 0.2) is 0 Å². The van der Waals surface area contributed by atoms with E-state index in [1.807, 2.05) is 25.1 Å². The summed E-state index contributed by atoms with van der Waals surface area (Å²) in [5, 5.41) is 11.6. The van der Waals surface area contributed by atoms with E-state index in [4.69, 9.17) is 5.11 Å². The number of amides is 1. The van der Waals surface area contributed by atoms with Gasteiger partial charge in [0, 0.05) is 9.37 Å². The smallest absolute Gasteiger partial charge is 0.326 e. The molecule has 1 amide bonds. The molecule has 110 valence electrons. The van der Waals surface area contributed by atoms with E-state index < -0.39 is 12.0 Å². The standard InChI is InChI=1S/C14H18BrNO3S/c1-8(2)13(14(18)19)16-12(17)7-20-11-5-4-10(15)6-9(11)3/h4-6,8,13H,7H2,1-3H3,(H,16,17)(H,18,19). The Balaban J connectivity index is 2.57. The van der Waals surface area contributed by atoms with Crippen molar-refractivity contribution < 1.29 is 14.7 Å². The summed E-state index contributed by atoms with van der Waals surface area (Å²) in [5.41, 5.74) is 1.08. The zero-order chi connectivity index (χ0) is 15.3. The minimum atomic E-state index is -1.00. The number of carbonyl (C=O) groups is 2. The number of carbonyl (C=O) groups excluding carboxylic acids is 1. The summed E-state index contributed by atoms with van der Waals surface area (Å²) < 4.78 is 0.995. The number of thioether (sulfide) groups is 1. The van der Waals surface area contributed by atoms with Gasteiger partial charge in [0.05, 0.1) is 5.75 Å². The molecule has 0 aliphatic carbocycles. The second kappa shape index (κ2) is 7.69. The Labute approximate surface area is 131 Å². The molecule has 1 unspecified atom stereocenters. The van der Waals surface area contributed by atoms with Crippen LogP contribution >= 0.6 is 27.7 Å². The van der Waals surface area contributed by atoms with E-state index in [0.29, 0.717) is 0 Å². The molecule has 0 aliphatic heterocycles. The third-order valence-electron chi connectivity index (χ3n) is 2.74. The highest BCUT2D eigenvalue weighted by molar-refractivity contribution is 9.10. The average molecular weight is 360 g/mol. The van der Waals surface area contributed by atoms with Gasteiger partial charge in [-0.15, -0.1) is 11.8 Å². The Hall–Kier alpha value is -1.01. The third kappa shape index (κ3) is 5.17. The lowest BCUT2D eigenvalue weighted by Gasteiger charge is -2.17. The molecular weight excluding hydrogens is 342 g/mol. The van der Waals surface area contributed by atoms with Crippen LogP contribution in [-0.4, -0.2) is 28.8 Å². The van der Waals surface area contributed by atoms with Gasteiger partial charge in [-0.3, -0.25) is 4.79 Å². The Morgan fingerprint density at radius 2 is 2.05 bits per heavy atom. The fourth-order valence-electron chi connectivity index (χ4n) is 1.65. The number of nitrogens with one attached hydrogen (secondary N) is 1. The maximum atomic E-state index is 11.8. The number of hydrogen-bond acceptors (Lipinski definition) is 3. The lowest BCUT2D eigenvalue weighted by atomic mass is 10.1. The highest BCUT2D eigenvalue weighted by Crippen LogP contribution is 2.25. The monoisotopic (exact) mass is 359 g/mol. The Morgan fingerprint density at radius 3 is 2.55 bits per heavy atom. The first-order valence-corrected chi connectivity index (χ1v) is 8.00. The van der Waals surface area contributed by atoms with Crippen molar-refractivity contribution in [2.24, 2.45) is 5.92 Å². The van der Waals surface area contributed by atoms with Crippen molar-refractivity contribution in [1.29, 1.82) is 0 Å². The van der Waals surface area contributed by atoms with Crippen molar-refractivity contribution in [3.05, 3.63) is 28.2 Å². The molecule has 0 aromatic heterocycles. The number of aryl methyl sites for hydroxylation is 1.